The molecule has 0 saturated carbocycles. The second kappa shape index (κ2) is 10.3. The number of piperidine rings is 1. The number of ether oxygens (including phenoxy) is 1. The lowest BCUT2D eigenvalue weighted by molar-refractivity contribution is 0.0896. The highest BCUT2D eigenvalue weighted by molar-refractivity contribution is 7.16. The van der Waals surface area contributed by atoms with Crippen molar-refractivity contribution in [2.75, 3.05) is 19.6 Å². The van der Waals surface area contributed by atoms with Crippen LogP contribution in [0.2, 0.25) is 0 Å². The van der Waals surface area contributed by atoms with Crippen LogP contribution < -0.4 is 10.1 Å². The Morgan fingerprint density at radius 1 is 1.09 bits per heavy atom. The minimum Gasteiger partial charge on any atom is -0.490 e. The molecule has 2 N–H and O–H groups in total. The molecule has 1 aliphatic heterocycles. The van der Waals surface area contributed by atoms with E-state index < -0.39 is 6.09 Å². The summed E-state index contributed by atoms with van der Waals surface area (Å²) in [7, 11) is 0. The van der Waals surface area contributed by atoms with Gasteiger partial charge in [0.05, 0.1) is 11.8 Å². The minimum atomic E-state index is -0.888. The minimum absolute atomic E-state index is 0.0486. The van der Waals surface area contributed by atoms with E-state index in [0.29, 0.717) is 43.1 Å². The van der Waals surface area contributed by atoms with Gasteiger partial charge in [0.2, 0.25) is 0 Å². The summed E-state index contributed by atoms with van der Waals surface area (Å²) in [6.07, 6.45) is 2.73. The van der Waals surface area contributed by atoms with Gasteiger partial charge < -0.3 is 20.1 Å². The number of nitrogens with zero attached hydrogens (tertiary/aromatic N) is 2. The van der Waals surface area contributed by atoms with Gasteiger partial charge in [-0.15, -0.1) is 11.3 Å². The third-order valence-corrected chi connectivity index (χ3v) is 6.42. The molecule has 3 aromatic rings. The average Bonchev–Trinajstić information content (AvgIpc) is 3.31. The second-order valence-electron chi connectivity index (χ2n) is 7.60. The monoisotopic (exact) mass is 451 g/mol. The predicted octanol–water partition coefficient (Wildman–Crippen LogP) is 4.30. The first kappa shape index (κ1) is 21.8. The molecule has 166 valence electrons. The van der Waals surface area contributed by atoms with E-state index in [1.165, 1.54) is 21.8 Å². The fourth-order valence-electron chi connectivity index (χ4n) is 3.65. The van der Waals surface area contributed by atoms with Crippen molar-refractivity contribution >= 4 is 23.3 Å². The van der Waals surface area contributed by atoms with Gasteiger partial charge in [0.15, 0.2) is 0 Å². The van der Waals surface area contributed by atoms with Gasteiger partial charge in [-0.25, -0.2) is 9.78 Å². The zero-order chi connectivity index (χ0) is 22.3. The van der Waals surface area contributed by atoms with E-state index >= 15 is 0 Å². The Morgan fingerprint density at radius 3 is 2.56 bits per heavy atom. The van der Waals surface area contributed by atoms with E-state index in [0.717, 1.165) is 17.0 Å². The van der Waals surface area contributed by atoms with Crippen molar-refractivity contribution in [3.05, 3.63) is 71.2 Å². The van der Waals surface area contributed by atoms with Gasteiger partial charge in [0, 0.05) is 32.5 Å². The second-order valence-corrected chi connectivity index (χ2v) is 8.63. The van der Waals surface area contributed by atoms with Crippen molar-refractivity contribution in [2.24, 2.45) is 0 Å². The van der Waals surface area contributed by atoms with Gasteiger partial charge in [-0.2, -0.15) is 0 Å². The highest BCUT2D eigenvalue weighted by Crippen LogP contribution is 2.34. The van der Waals surface area contributed by atoms with Crippen molar-refractivity contribution in [1.29, 1.82) is 0 Å². The number of amides is 2. The number of aromatic nitrogens is 1. The number of hydrogen-bond donors (Lipinski definition) is 2. The molecule has 0 aliphatic carbocycles. The van der Waals surface area contributed by atoms with Crippen molar-refractivity contribution in [1.82, 2.24) is 15.2 Å². The Hall–Kier alpha value is -3.39. The van der Waals surface area contributed by atoms with E-state index in [1.54, 1.807) is 6.20 Å². The standard InChI is InChI=1S/C24H25N3O4S/c28-22(25-13-10-17-6-2-1-3-7-17)21-16-26-23(32-21)19-8-4-5-9-20(19)31-18-11-14-27(15-12-18)24(29)30/h1-9,16,18H,10-15H2,(H,25,28)(H,29,30). The lowest BCUT2D eigenvalue weighted by Gasteiger charge is -2.30. The first-order valence-corrected chi connectivity index (χ1v) is 11.4. The molecule has 4 rings (SSSR count). The van der Waals surface area contributed by atoms with Crippen molar-refractivity contribution < 1.29 is 19.4 Å². The lowest BCUT2D eigenvalue weighted by Crippen LogP contribution is -2.41. The number of nitrogens with one attached hydrogen (secondary N) is 1. The Labute approximate surface area is 190 Å². The number of likely N-dealkylation sites (tertiary alicyclic amines) is 1. The molecule has 0 spiro atoms. The summed E-state index contributed by atoms with van der Waals surface area (Å²) in [6.45, 7) is 1.49. The topological polar surface area (TPSA) is 91.8 Å². The molecule has 1 fully saturated rings. The Morgan fingerprint density at radius 2 is 1.81 bits per heavy atom. The number of hydrogen-bond acceptors (Lipinski definition) is 5. The maximum atomic E-state index is 12.5. The van der Waals surface area contributed by atoms with Crippen molar-refractivity contribution in [2.45, 2.75) is 25.4 Å². The van der Waals surface area contributed by atoms with Crippen LogP contribution in [0.5, 0.6) is 5.75 Å². The molecule has 2 aromatic carbocycles. The summed E-state index contributed by atoms with van der Waals surface area (Å²) in [6, 6.07) is 17.7. The molecule has 0 bridgehead atoms. The Balaban J connectivity index is 1.37. The molecule has 2 amide bonds. The summed E-state index contributed by atoms with van der Waals surface area (Å²) in [4.78, 5) is 30.1. The smallest absolute Gasteiger partial charge is 0.407 e. The van der Waals surface area contributed by atoms with Crippen LogP contribution in [0.15, 0.2) is 60.8 Å². The number of benzene rings is 2. The third-order valence-electron chi connectivity index (χ3n) is 5.40. The van der Waals surface area contributed by atoms with Crippen LogP contribution >= 0.6 is 11.3 Å². The summed E-state index contributed by atoms with van der Waals surface area (Å²) in [5.41, 5.74) is 2.01. The number of rotatable bonds is 7. The first-order valence-electron chi connectivity index (χ1n) is 10.6. The summed E-state index contributed by atoms with van der Waals surface area (Å²) >= 11 is 1.33. The molecule has 1 aromatic heterocycles. The number of carbonyl (C=O) groups is 2. The van der Waals surface area contributed by atoms with Crippen LogP contribution in [0.3, 0.4) is 0 Å². The highest BCUT2D eigenvalue weighted by atomic mass is 32.1. The quantitative estimate of drug-likeness (QED) is 0.559. The van der Waals surface area contributed by atoms with E-state index in [2.05, 4.69) is 10.3 Å². The number of carboxylic acid groups (broad SMARTS) is 1. The van der Waals surface area contributed by atoms with Gasteiger partial charge in [-0.3, -0.25) is 4.79 Å². The van der Waals surface area contributed by atoms with Gasteiger partial charge in [-0.05, 0) is 24.1 Å². The molecule has 7 nitrogen and oxygen atoms in total. The number of carbonyl (C=O) groups excluding carboxylic acids is 1. The van der Waals surface area contributed by atoms with Crippen LogP contribution in [0.1, 0.15) is 28.1 Å². The lowest BCUT2D eigenvalue weighted by atomic mass is 10.1. The van der Waals surface area contributed by atoms with Gasteiger partial charge in [0.1, 0.15) is 21.7 Å². The number of thiazole rings is 1. The van der Waals surface area contributed by atoms with E-state index in [-0.39, 0.29) is 12.0 Å². The molecule has 1 saturated heterocycles. The highest BCUT2D eigenvalue weighted by Gasteiger charge is 2.24. The molecular formula is C24H25N3O4S. The summed E-state index contributed by atoms with van der Waals surface area (Å²) in [5.74, 6) is 0.566. The summed E-state index contributed by atoms with van der Waals surface area (Å²) < 4.78 is 6.20. The van der Waals surface area contributed by atoms with E-state index in [4.69, 9.17) is 9.84 Å². The fraction of sp³-hybridized carbons (Fsp3) is 0.292. The molecule has 8 heteroatoms. The van der Waals surface area contributed by atoms with Gasteiger partial charge >= 0.3 is 6.09 Å². The van der Waals surface area contributed by atoms with Crippen LogP contribution in [0.25, 0.3) is 10.6 Å². The van der Waals surface area contributed by atoms with Crippen molar-refractivity contribution in [3.63, 3.8) is 0 Å². The van der Waals surface area contributed by atoms with Crippen LogP contribution in [0.4, 0.5) is 4.79 Å². The Kier molecular flexibility index (Phi) is 7.01. The molecule has 32 heavy (non-hydrogen) atoms. The maximum Gasteiger partial charge on any atom is 0.407 e. The van der Waals surface area contributed by atoms with Crippen molar-refractivity contribution in [3.8, 4) is 16.3 Å². The molecule has 1 aliphatic rings. The zero-order valence-electron chi connectivity index (χ0n) is 17.6. The van der Waals surface area contributed by atoms with Crippen LogP contribution in [-0.4, -0.2) is 52.7 Å². The van der Waals surface area contributed by atoms with Crippen LogP contribution in [-0.2, 0) is 6.42 Å². The molecule has 0 unspecified atom stereocenters. The Bertz CT molecular complexity index is 1060. The molecular weight excluding hydrogens is 426 g/mol. The summed E-state index contributed by atoms with van der Waals surface area (Å²) in [5, 5.41) is 12.8. The first-order chi connectivity index (χ1) is 15.6. The molecule has 2 heterocycles. The largest absolute Gasteiger partial charge is 0.490 e. The molecule has 0 atom stereocenters. The van der Waals surface area contributed by atoms with Gasteiger partial charge in [0.25, 0.3) is 5.91 Å². The maximum absolute atomic E-state index is 12.5. The number of para-hydroxylation sites is 1. The average molecular weight is 452 g/mol. The van der Waals surface area contributed by atoms with E-state index in [9.17, 15) is 9.59 Å². The van der Waals surface area contributed by atoms with Crippen LogP contribution in [0, 0.1) is 0 Å². The molecule has 0 radical (unpaired) electrons. The normalized spacial score (nSPS) is 14.2. The fourth-order valence-corrected chi connectivity index (χ4v) is 4.51. The third kappa shape index (κ3) is 5.45. The SMILES string of the molecule is O=C(NCCc1ccccc1)c1cnc(-c2ccccc2OC2CCN(C(=O)O)CC2)s1. The van der Waals surface area contributed by atoms with Gasteiger partial charge in [-0.1, -0.05) is 42.5 Å². The zero-order valence-corrected chi connectivity index (χ0v) is 18.4. The van der Waals surface area contributed by atoms with E-state index in [1.807, 2.05) is 54.6 Å². The predicted molar refractivity (Wildman–Crippen MR) is 123 cm³/mol.